The van der Waals surface area contributed by atoms with Gasteiger partial charge in [0.15, 0.2) is 6.10 Å². The van der Waals surface area contributed by atoms with E-state index in [9.17, 15) is 9.59 Å². The topological polar surface area (TPSA) is 55.8 Å². The summed E-state index contributed by atoms with van der Waals surface area (Å²) in [6, 6.07) is 4.68. The standard InChI is InChI=1S/C13H13Cl2NO4/c1-19-13(18)11-7-16(4-5-20-11)12(17)9-6-8(14)2-3-10(9)15/h2-3,6,11H,4-5,7H2,1H3. The van der Waals surface area contributed by atoms with Crippen molar-refractivity contribution in [2.75, 3.05) is 26.8 Å². The Morgan fingerprint density at radius 2 is 2.15 bits per heavy atom. The van der Waals surface area contributed by atoms with E-state index in [1.165, 1.54) is 18.1 Å². The Morgan fingerprint density at radius 3 is 2.85 bits per heavy atom. The van der Waals surface area contributed by atoms with Crippen molar-refractivity contribution in [1.82, 2.24) is 4.90 Å². The molecule has 1 unspecified atom stereocenters. The van der Waals surface area contributed by atoms with Crippen molar-refractivity contribution in [3.8, 4) is 0 Å². The molecule has 0 radical (unpaired) electrons. The van der Waals surface area contributed by atoms with Crippen LogP contribution in [0.4, 0.5) is 0 Å². The number of methoxy groups -OCH3 is 1. The Morgan fingerprint density at radius 1 is 1.40 bits per heavy atom. The monoisotopic (exact) mass is 317 g/mol. The maximum absolute atomic E-state index is 12.4. The highest BCUT2D eigenvalue weighted by molar-refractivity contribution is 6.35. The van der Waals surface area contributed by atoms with Crippen LogP contribution in [0.15, 0.2) is 18.2 Å². The zero-order valence-corrected chi connectivity index (χ0v) is 12.3. The van der Waals surface area contributed by atoms with E-state index in [0.29, 0.717) is 22.2 Å². The van der Waals surface area contributed by atoms with Crippen LogP contribution in [0.3, 0.4) is 0 Å². The van der Waals surface area contributed by atoms with E-state index in [4.69, 9.17) is 27.9 Å². The minimum absolute atomic E-state index is 0.133. The molecule has 1 heterocycles. The van der Waals surface area contributed by atoms with Gasteiger partial charge in [-0.25, -0.2) is 4.79 Å². The SMILES string of the molecule is COC(=O)C1CN(C(=O)c2cc(Cl)ccc2Cl)CCO1. The van der Waals surface area contributed by atoms with Gasteiger partial charge in [-0.3, -0.25) is 4.79 Å². The number of amides is 1. The summed E-state index contributed by atoms with van der Waals surface area (Å²) >= 11 is 11.9. The van der Waals surface area contributed by atoms with E-state index >= 15 is 0 Å². The van der Waals surface area contributed by atoms with E-state index < -0.39 is 12.1 Å². The second-order valence-electron chi connectivity index (χ2n) is 4.26. The second-order valence-corrected chi connectivity index (χ2v) is 5.10. The fraction of sp³-hybridized carbons (Fsp3) is 0.385. The Labute approximate surface area is 126 Å². The Hall–Kier alpha value is -1.30. The Kier molecular flexibility index (Phi) is 4.86. The third kappa shape index (κ3) is 3.23. The molecular weight excluding hydrogens is 305 g/mol. The number of hydrogen-bond donors (Lipinski definition) is 0. The molecule has 0 bridgehead atoms. The Balaban J connectivity index is 2.16. The first-order valence-corrected chi connectivity index (χ1v) is 6.72. The molecule has 1 aliphatic rings. The number of esters is 1. The zero-order valence-electron chi connectivity index (χ0n) is 10.8. The van der Waals surface area contributed by atoms with Gasteiger partial charge in [-0.1, -0.05) is 23.2 Å². The maximum Gasteiger partial charge on any atom is 0.336 e. The smallest absolute Gasteiger partial charge is 0.336 e. The molecule has 1 amide bonds. The molecule has 1 aromatic rings. The van der Waals surface area contributed by atoms with Crippen LogP contribution in [-0.4, -0.2) is 49.7 Å². The summed E-state index contributed by atoms with van der Waals surface area (Å²) in [5, 5.41) is 0.746. The van der Waals surface area contributed by atoms with Gasteiger partial charge in [0.1, 0.15) is 0 Å². The first-order valence-electron chi connectivity index (χ1n) is 5.96. The van der Waals surface area contributed by atoms with Gasteiger partial charge in [0, 0.05) is 11.6 Å². The molecule has 7 heteroatoms. The number of morpholine rings is 1. The van der Waals surface area contributed by atoms with Gasteiger partial charge in [0.2, 0.25) is 0 Å². The number of halogens is 2. The third-order valence-corrected chi connectivity index (χ3v) is 3.54. The average Bonchev–Trinajstić information content (AvgIpc) is 2.48. The lowest BCUT2D eigenvalue weighted by Crippen LogP contribution is -2.49. The lowest BCUT2D eigenvalue weighted by Gasteiger charge is -2.31. The molecule has 20 heavy (non-hydrogen) atoms. The number of carbonyl (C=O) groups excluding carboxylic acids is 2. The predicted molar refractivity (Wildman–Crippen MR) is 74.1 cm³/mol. The molecule has 1 atom stereocenters. The van der Waals surface area contributed by atoms with Crippen molar-refractivity contribution in [2.24, 2.45) is 0 Å². The minimum Gasteiger partial charge on any atom is -0.467 e. The summed E-state index contributed by atoms with van der Waals surface area (Å²) in [5.41, 5.74) is 0.310. The van der Waals surface area contributed by atoms with E-state index in [1.54, 1.807) is 12.1 Å². The van der Waals surface area contributed by atoms with Gasteiger partial charge in [-0.15, -0.1) is 0 Å². The fourth-order valence-corrected chi connectivity index (χ4v) is 2.31. The van der Waals surface area contributed by atoms with Gasteiger partial charge in [0.05, 0.1) is 30.8 Å². The van der Waals surface area contributed by atoms with Crippen LogP contribution in [0.2, 0.25) is 10.0 Å². The van der Waals surface area contributed by atoms with Crippen molar-refractivity contribution < 1.29 is 19.1 Å². The molecule has 0 N–H and O–H groups in total. The molecule has 0 aromatic heterocycles. The van der Waals surface area contributed by atoms with Gasteiger partial charge < -0.3 is 14.4 Å². The highest BCUT2D eigenvalue weighted by Crippen LogP contribution is 2.23. The minimum atomic E-state index is -0.768. The van der Waals surface area contributed by atoms with Gasteiger partial charge in [-0.2, -0.15) is 0 Å². The van der Waals surface area contributed by atoms with E-state index in [2.05, 4.69) is 4.74 Å². The molecule has 108 valence electrons. The maximum atomic E-state index is 12.4. The number of nitrogens with zero attached hydrogens (tertiary/aromatic N) is 1. The molecule has 0 spiro atoms. The number of benzene rings is 1. The molecule has 1 saturated heterocycles. The summed E-state index contributed by atoms with van der Waals surface area (Å²) in [6.45, 7) is 0.785. The predicted octanol–water partition coefficient (Wildman–Crippen LogP) is 2.01. The number of carbonyl (C=O) groups is 2. The van der Waals surface area contributed by atoms with Crippen LogP contribution in [0, 0.1) is 0 Å². The number of ether oxygens (including phenoxy) is 2. The molecule has 0 saturated carbocycles. The molecule has 0 aliphatic carbocycles. The third-order valence-electron chi connectivity index (χ3n) is 2.98. The van der Waals surface area contributed by atoms with Crippen molar-refractivity contribution >= 4 is 35.1 Å². The largest absolute Gasteiger partial charge is 0.467 e. The quantitative estimate of drug-likeness (QED) is 0.783. The Bertz CT molecular complexity index is 535. The number of rotatable bonds is 2. The summed E-state index contributed by atoms with van der Waals surface area (Å²) in [5.74, 6) is -0.783. The molecule has 5 nitrogen and oxygen atoms in total. The van der Waals surface area contributed by atoms with Gasteiger partial charge in [-0.05, 0) is 18.2 Å². The first kappa shape index (κ1) is 15.1. The lowest BCUT2D eigenvalue weighted by molar-refractivity contribution is -0.158. The summed E-state index contributed by atoms with van der Waals surface area (Å²) in [7, 11) is 1.28. The van der Waals surface area contributed by atoms with Crippen LogP contribution >= 0.6 is 23.2 Å². The first-order chi connectivity index (χ1) is 9.52. The lowest BCUT2D eigenvalue weighted by atomic mass is 10.1. The molecule has 1 aliphatic heterocycles. The fourth-order valence-electron chi connectivity index (χ4n) is 1.94. The highest BCUT2D eigenvalue weighted by atomic mass is 35.5. The van der Waals surface area contributed by atoms with Gasteiger partial charge in [0.25, 0.3) is 5.91 Å². The van der Waals surface area contributed by atoms with Gasteiger partial charge >= 0.3 is 5.97 Å². The van der Waals surface area contributed by atoms with Crippen molar-refractivity contribution in [2.45, 2.75) is 6.10 Å². The van der Waals surface area contributed by atoms with Crippen molar-refractivity contribution in [3.63, 3.8) is 0 Å². The van der Waals surface area contributed by atoms with Crippen LogP contribution in [0.1, 0.15) is 10.4 Å². The summed E-state index contributed by atoms with van der Waals surface area (Å²) in [6.07, 6.45) is -0.768. The van der Waals surface area contributed by atoms with Crippen LogP contribution in [0.5, 0.6) is 0 Å². The average molecular weight is 318 g/mol. The number of hydrogen-bond acceptors (Lipinski definition) is 4. The van der Waals surface area contributed by atoms with Crippen LogP contribution < -0.4 is 0 Å². The molecule has 1 aromatic carbocycles. The van der Waals surface area contributed by atoms with Crippen molar-refractivity contribution in [3.05, 3.63) is 33.8 Å². The summed E-state index contributed by atoms with van der Waals surface area (Å²) in [4.78, 5) is 25.4. The second kappa shape index (κ2) is 6.43. The van der Waals surface area contributed by atoms with E-state index in [-0.39, 0.29) is 19.1 Å². The highest BCUT2D eigenvalue weighted by Gasteiger charge is 2.31. The van der Waals surface area contributed by atoms with E-state index in [0.717, 1.165) is 0 Å². The van der Waals surface area contributed by atoms with E-state index in [1.807, 2.05) is 0 Å². The molecule has 2 rings (SSSR count). The molecule has 1 fully saturated rings. The van der Waals surface area contributed by atoms with Crippen LogP contribution in [-0.2, 0) is 14.3 Å². The summed E-state index contributed by atoms with van der Waals surface area (Å²) < 4.78 is 9.89. The normalized spacial score (nSPS) is 18.8. The van der Waals surface area contributed by atoms with Crippen LogP contribution in [0.25, 0.3) is 0 Å². The van der Waals surface area contributed by atoms with Crippen molar-refractivity contribution in [1.29, 1.82) is 0 Å². The zero-order chi connectivity index (χ0) is 14.7. The molecular formula is C13H13Cl2NO4.